The molecule has 1 saturated heterocycles. The molecule has 3 aromatic rings. The van der Waals surface area contributed by atoms with E-state index in [-0.39, 0.29) is 5.41 Å². The highest BCUT2D eigenvalue weighted by Crippen LogP contribution is 2.54. The molecule has 3 aromatic heterocycles. The van der Waals surface area contributed by atoms with Crippen molar-refractivity contribution < 1.29 is 4.52 Å². The molecule has 1 spiro atoms. The van der Waals surface area contributed by atoms with E-state index in [1.807, 2.05) is 13.0 Å². The van der Waals surface area contributed by atoms with E-state index in [9.17, 15) is 5.26 Å². The summed E-state index contributed by atoms with van der Waals surface area (Å²) in [4.78, 5) is 13.3. The molecule has 0 radical (unpaired) electrons. The van der Waals surface area contributed by atoms with Crippen LogP contribution in [0.5, 0.6) is 0 Å². The van der Waals surface area contributed by atoms with Gasteiger partial charge in [-0.2, -0.15) is 5.26 Å². The van der Waals surface area contributed by atoms with Crippen LogP contribution in [0.25, 0.3) is 11.5 Å². The van der Waals surface area contributed by atoms with Crippen LogP contribution < -0.4 is 16.0 Å². The molecule has 0 unspecified atom stereocenters. The van der Waals surface area contributed by atoms with Crippen LogP contribution >= 0.6 is 11.3 Å². The largest absolute Gasteiger partial charge is 0.389 e. The van der Waals surface area contributed by atoms with Crippen molar-refractivity contribution in [2.75, 3.05) is 30.3 Å². The van der Waals surface area contributed by atoms with Crippen LogP contribution in [0.2, 0.25) is 0 Å². The molecule has 3 aliphatic rings. The summed E-state index contributed by atoms with van der Waals surface area (Å²) < 4.78 is 6.09. The van der Waals surface area contributed by atoms with Gasteiger partial charge in [-0.05, 0) is 77.0 Å². The number of hydrogen-bond donors (Lipinski definition) is 2. The lowest BCUT2D eigenvalue weighted by molar-refractivity contribution is 0.337. The Kier molecular flexibility index (Phi) is 5.53. The lowest BCUT2D eigenvalue weighted by Crippen LogP contribution is -2.38. The zero-order valence-corrected chi connectivity index (χ0v) is 21.2. The van der Waals surface area contributed by atoms with Crippen molar-refractivity contribution in [2.24, 2.45) is 0 Å². The van der Waals surface area contributed by atoms with Crippen LogP contribution in [0, 0.1) is 18.3 Å². The Labute approximate surface area is 209 Å². The summed E-state index contributed by atoms with van der Waals surface area (Å²) in [7, 11) is 0. The molecular formula is C26H31N7OS. The Morgan fingerprint density at radius 2 is 2.09 bits per heavy atom. The van der Waals surface area contributed by atoms with Gasteiger partial charge in [-0.15, -0.1) is 11.3 Å². The van der Waals surface area contributed by atoms with Crippen LogP contribution in [-0.2, 0) is 18.3 Å². The van der Waals surface area contributed by atoms with E-state index in [0.29, 0.717) is 16.6 Å². The summed E-state index contributed by atoms with van der Waals surface area (Å²) in [6.07, 6.45) is 6.96. The number of aromatic nitrogens is 3. The second-order valence-electron chi connectivity index (χ2n) is 10.2. The molecule has 1 fully saturated rings. The maximum Gasteiger partial charge on any atom is 0.226 e. The minimum atomic E-state index is -0.294. The van der Waals surface area contributed by atoms with Crippen molar-refractivity contribution in [2.45, 2.75) is 70.3 Å². The lowest BCUT2D eigenvalue weighted by atomic mass is 9.62. The van der Waals surface area contributed by atoms with Gasteiger partial charge in [-0.3, -0.25) is 0 Å². The first kappa shape index (κ1) is 22.5. The molecule has 182 valence electrons. The SMILES string of the molecule is Cc1cc(-c2onc3c2CCC[C@@]32CCCc3sc(N)c(C#N)c32)nc(N2CCCNC[C@@H]2C)n1. The Hall–Kier alpha value is -2.96. The molecule has 8 nitrogen and oxygen atoms in total. The fourth-order valence-electron chi connectivity index (χ4n) is 6.37. The van der Waals surface area contributed by atoms with Gasteiger partial charge in [0, 0.05) is 40.7 Å². The highest BCUT2D eigenvalue weighted by atomic mass is 32.1. The normalized spacial score (nSPS) is 24.0. The third-order valence-corrected chi connectivity index (χ3v) is 9.01. The summed E-state index contributed by atoms with van der Waals surface area (Å²) >= 11 is 1.57. The topological polar surface area (TPSA) is 117 Å². The van der Waals surface area contributed by atoms with E-state index in [1.165, 1.54) is 4.88 Å². The van der Waals surface area contributed by atoms with Gasteiger partial charge in [0.2, 0.25) is 5.95 Å². The van der Waals surface area contributed by atoms with E-state index in [4.69, 9.17) is 25.4 Å². The molecule has 1 aliphatic heterocycles. The molecule has 0 aromatic carbocycles. The maximum absolute atomic E-state index is 9.94. The van der Waals surface area contributed by atoms with Crippen LogP contribution in [0.3, 0.4) is 0 Å². The number of nitrogens with zero attached hydrogens (tertiary/aromatic N) is 5. The van der Waals surface area contributed by atoms with Crippen molar-refractivity contribution in [3.63, 3.8) is 0 Å². The third-order valence-electron chi connectivity index (χ3n) is 7.93. The van der Waals surface area contributed by atoms with Gasteiger partial charge in [-0.1, -0.05) is 5.16 Å². The maximum atomic E-state index is 9.94. The van der Waals surface area contributed by atoms with Crippen LogP contribution in [0.1, 0.15) is 72.0 Å². The number of thiophene rings is 1. The van der Waals surface area contributed by atoms with Crippen LogP contribution in [0.15, 0.2) is 10.6 Å². The number of hydrogen-bond acceptors (Lipinski definition) is 9. The predicted octanol–water partition coefficient (Wildman–Crippen LogP) is 4.10. The first-order valence-electron chi connectivity index (χ1n) is 12.7. The van der Waals surface area contributed by atoms with Crippen molar-refractivity contribution in [1.82, 2.24) is 20.4 Å². The highest BCUT2D eigenvalue weighted by molar-refractivity contribution is 7.16. The number of nitrogen functional groups attached to an aromatic ring is 1. The van der Waals surface area contributed by atoms with Gasteiger partial charge >= 0.3 is 0 Å². The van der Waals surface area contributed by atoms with E-state index >= 15 is 0 Å². The Morgan fingerprint density at radius 3 is 2.91 bits per heavy atom. The standard InChI is InChI=1S/C26H31N7OS/c1-15-12-19(31-25(30-15)33-11-5-10-29-14-16(33)2)22-17-6-3-8-26(23(17)32-34-22)9-4-7-20-21(26)18(13-27)24(28)35-20/h12,16,29H,3-11,14,28H2,1-2H3/t16-,26-/m0/s1. The molecule has 3 N–H and O–H groups in total. The van der Waals surface area contributed by atoms with Crippen molar-refractivity contribution in [1.29, 1.82) is 5.26 Å². The predicted molar refractivity (Wildman–Crippen MR) is 137 cm³/mol. The summed E-state index contributed by atoms with van der Waals surface area (Å²) in [6.45, 7) is 7.08. The summed E-state index contributed by atoms with van der Waals surface area (Å²) in [5.41, 5.74) is 11.6. The van der Waals surface area contributed by atoms with Crippen LogP contribution in [-0.4, -0.2) is 40.8 Å². The summed E-state index contributed by atoms with van der Waals surface area (Å²) in [5.74, 6) is 1.50. The van der Waals surface area contributed by atoms with Gasteiger partial charge in [-0.25, -0.2) is 9.97 Å². The summed E-state index contributed by atoms with van der Waals surface area (Å²) in [6, 6.07) is 4.72. The minimum absolute atomic E-state index is 0.294. The first-order chi connectivity index (χ1) is 17.0. The summed E-state index contributed by atoms with van der Waals surface area (Å²) in [5, 5.41) is 18.8. The molecule has 2 atom stereocenters. The molecule has 0 amide bonds. The molecule has 0 bridgehead atoms. The number of rotatable bonds is 2. The molecule has 0 saturated carbocycles. The van der Waals surface area contributed by atoms with Gasteiger partial charge in [0.05, 0.1) is 11.3 Å². The fraction of sp³-hybridized carbons (Fsp3) is 0.538. The van der Waals surface area contributed by atoms with E-state index in [2.05, 4.69) is 23.2 Å². The Bertz CT molecular complexity index is 1320. The number of fused-ring (bicyclic) bond motifs is 4. The number of nitrogens with one attached hydrogen (secondary N) is 1. The number of nitrogens with two attached hydrogens (primary N) is 1. The Balaban J connectivity index is 1.46. The van der Waals surface area contributed by atoms with Gasteiger partial charge < -0.3 is 20.5 Å². The molecule has 4 heterocycles. The molecule has 9 heteroatoms. The second-order valence-corrected chi connectivity index (χ2v) is 11.3. The third kappa shape index (κ3) is 3.54. The smallest absolute Gasteiger partial charge is 0.226 e. The quantitative estimate of drug-likeness (QED) is 0.552. The number of anilines is 2. The average Bonchev–Trinajstić information content (AvgIpc) is 3.35. The minimum Gasteiger partial charge on any atom is -0.389 e. The van der Waals surface area contributed by atoms with Crippen molar-refractivity contribution >= 4 is 22.3 Å². The zero-order chi connectivity index (χ0) is 24.2. The molecule has 35 heavy (non-hydrogen) atoms. The van der Waals surface area contributed by atoms with Crippen molar-refractivity contribution in [3.8, 4) is 17.5 Å². The first-order valence-corrected chi connectivity index (χ1v) is 13.5. The fourth-order valence-corrected chi connectivity index (χ4v) is 7.53. The Morgan fingerprint density at radius 1 is 1.26 bits per heavy atom. The number of aryl methyl sites for hydroxylation is 2. The van der Waals surface area contributed by atoms with Gasteiger partial charge in [0.1, 0.15) is 16.8 Å². The second kappa shape index (κ2) is 8.61. The molecule has 6 rings (SSSR count). The van der Waals surface area contributed by atoms with Gasteiger partial charge in [0.25, 0.3) is 0 Å². The van der Waals surface area contributed by atoms with Crippen LogP contribution in [0.4, 0.5) is 10.9 Å². The zero-order valence-electron chi connectivity index (χ0n) is 20.4. The molecular weight excluding hydrogens is 458 g/mol. The van der Waals surface area contributed by atoms with Crippen molar-refractivity contribution in [3.05, 3.63) is 39.0 Å². The van der Waals surface area contributed by atoms with E-state index in [0.717, 1.165) is 104 Å². The molecule has 2 aliphatic carbocycles. The monoisotopic (exact) mass is 489 g/mol. The number of nitriles is 1. The van der Waals surface area contributed by atoms with E-state index in [1.54, 1.807) is 11.3 Å². The lowest BCUT2D eigenvalue weighted by Gasteiger charge is -2.39. The highest BCUT2D eigenvalue weighted by Gasteiger charge is 2.48. The van der Waals surface area contributed by atoms with Gasteiger partial charge in [0.15, 0.2) is 5.76 Å². The van der Waals surface area contributed by atoms with E-state index < -0.39 is 0 Å². The average molecular weight is 490 g/mol.